The van der Waals surface area contributed by atoms with Gasteiger partial charge in [0.1, 0.15) is 5.75 Å². The molecule has 0 N–H and O–H groups in total. The van der Waals surface area contributed by atoms with E-state index in [0.717, 1.165) is 15.8 Å². The van der Waals surface area contributed by atoms with Crippen molar-refractivity contribution in [1.29, 1.82) is 0 Å². The third-order valence-electron chi connectivity index (χ3n) is 2.95. The third-order valence-corrected chi connectivity index (χ3v) is 3.44. The van der Waals surface area contributed by atoms with Crippen LogP contribution in [0.5, 0.6) is 5.75 Å². The van der Waals surface area contributed by atoms with E-state index in [1.807, 2.05) is 23.1 Å². The summed E-state index contributed by atoms with van der Waals surface area (Å²) in [5.41, 5.74) is 0.906. The summed E-state index contributed by atoms with van der Waals surface area (Å²) < 4.78 is 11.5. The second kappa shape index (κ2) is 6.20. The van der Waals surface area contributed by atoms with Crippen molar-refractivity contribution in [3.63, 3.8) is 0 Å². The van der Waals surface area contributed by atoms with Crippen LogP contribution in [0, 0.1) is 0 Å². The minimum Gasteiger partial charge on any atom is -0.496 e. The number of morpholine rings is 1. The maximum absolute atomic E-state index is 12.1. The lowest BCUT2D eigenvalue weighted by Crippen LogP contribution is -2.41. The van der Waals surface area contributed by atoms with E-state index in [0.29, 0.717) is 32.7 Å². The van der Waals surface area contributed by atoms with Crippen LogP contribution in [0.4, 0.5) is 0 Å². The van der Waals surface area contributed by atoms with Gasteiger partial charge in [-0.3, -0.25) is 4.79 Å². The van der Waals surface area contributed by atoms with Crippen molar-refractivity contribution >= 4 is 21.8 Å². The molecule has 1 aliphatic rings. The van der Waals surface area contributed by atoms with Crippen molar-refractivity contribution < 1.29 is 14.3 Å². The maximum atomic E-state index is 12.1. The number of benzene rings is 1. The molecule has 1 amide bonds. The highest BCUT2D eigenvalue weighted by molar-refractivity contribution is 9.10. The molecule has 0 atom stereocenters. The van der Waals surface area contributed by atoms with Crippen molar-refractivity contribution in [3.05, 3.63) is 28.2 Å². The first-order valence-corrected chi connectivity index (χ1v) is 6.68. The fraction of sp³-hybridized carbons (Fsp3) is 0.462. The van der Waals surface area contributed by atoms with Gasteiger partial charge in [0.05, 0.1) is 26.7 Å². The molecule has 1 fully saturated rings. The highest BCUT2D eigenvalue weighted by atomic mass is 79.9. The summed E-state index contributed by atoms with van der Waals surface area (Å²) in [6, 6.07) is 5.70. The number of hydrogen-bond acceptors (Lipinski definition) is 3. The summed E-state index contributed by atoms with van der Waals surface area (Å²) in [5, 5.41) is 0. The molecule has 0 aliphatic carbocycles. The van der Waals surface area contributed by atoms with E-state index < -0.39 is 0 Å². The van der Waals surface area contributed by atoms with E-state index in [2.05, 4.69) is 15.9 Å². The molecular formula is C13H16BrNO3. The topological polar surface area (TPSA) is 38.8 Å². The van der Waals surface area contributed by atoms with Crippen molar-refractivity contribution in [3.8, 4) is 5.75 Å². The molecule has 0 unspecified atom stereocenters. The van der Waals surface area contributed by atoms with Gasteiger partial charge in [-0.15, -0.1) is 0 Å². The summed E-state index contributed by atoms with van der Waals surface area (Å²) in [5.74, 6) is 0.870. The molecule has 0 radical (unpaired) electrons. The van der Waals surface area contributed by atoms with Crippen molar-refractivity contribution in [2.75, 3.05) is 33.4 Å². The van der Waals surface area contributed by atoms with Crippen LogP contribution in [-0.2, 0) is 16.0 Å². The highest BCUT2D eigenvalue weighted by Crippen LogP contribution is 2.24. The lowest BCUT2D eigenvalue weighted by Gasteiger charge is -2.27. The number of rotatable bonds is 3. The summed E-state index contributed by atoms with van der Waals surface area (Å²) >= 11 is 3.41. The molecule has 4 nitrogen and oxygen atoms in total. The lowest BCUT2D eigenvalue weighted by atomic mass is 10.1. The molecule has 0 spiro atoms. The smallest absolute Gasteiger partial charge is 0.227 e. The zero-order valence-electron chi connectivity index (χ0n) is 10.3. The van der Waals surface area contributed by atoms with E-state index in [4.69, 9.17) is 9.47 Å². The molecule has 0 saturated carbocycles. The molecular weight excluding hydrogens is 298 g/mol. The van der Waals surface area contributed by atoms with Crippen LogP contribution in [0.15, 0.2) is 22.7 Å². The second-order valence-corrected chi connectivity index (χ2v) is 5.04. The maximum Gasteiger partial charge on any atom is 0.227 e. The zero-order valence-corrected chi connectivity index (χ0v) is 11.9. The first-order valence-electron chi connectivity index (χ1n) is 5.88. The molecule has 1 heterocycles. The van der Waals surface area contributed by atoms with E-state index >= 15 is 0 Å². The molecule has 18 heavy (non-hydrogen) atoms. The minimum atomic E-state index is 0.120. The molecule has 0 aromatic heterocycles. The SMILES string of the molecule is COc1ccc(Br)cc1CC(=O)N1CCOCC1. The first-order chi connectivity index (χ1) is 8.70. The van der Waals surface area contributed by atoms with Crippen molar-refractivity contribution in [2.45, 2.75) is 6.42 Å². The quantitative estimate of drug-likeness (QED) is 0.855. The largest absolute Gasteiger partial charge is 0.496 e. The van der Waals surface area contributed by atoms with Gasteiger partial charge in [0.2, 0.25) is 5.91 Å². The van der Waals surface area contributed by atoms with Crippen LogP contribution in [-0.4, -0.2) is 44.2 Å². The number of nitrogens with zero attached hydrogens (tertiary/aromatic N) is 1. The molecule has 1 saturated heterocycles. The van der Waals surface area contributed by atoms with Crippen LogP contribution in [0.2, 0.25) is 0 Å². The number of hydrogen-bond donors (Lipinski definition) is 0. The predicted molar refractivity (Wildman–Crippen MR) is 71.8 cm³/mol. The third kappa shape index (κ3) is 3.23. The highest BCUT2D eigenvalue weighted by Gasteiger charge is 2.18. The number of methoxy groups -OCH3 is 1. The van der Waals surface area contributed by atoms with Crippen LogP contribution < -0.4 is 4.74 Å². The number of ether oxygens (including phenoxy) is 2. The Morgan fingerprint density at radius 2 is 2.17 bits per heavy atom. The van der Waals surface area contributed by atoms with Crippen LogP contribution in [0.25, 0.3) is 0 Å². The number of carbonyl (C=O) groups is 1. The van der Waals surface area contributed by atoms with Crippen molar-refractivity contribution in [1.82, 2.24) is 4.90 Å². The monoisotopic (exact) mass is 313 g/mol. The van der Waals surface area contributed by atoms with E-state index in [-0.39, 0.29) is 5.91 Å². The molecule has 5 heteroatoms. The van der Waals surface area contributed by atoms with Crippen LogP contribution >= 0.6 is 15.9 Å². The second-order valence-electron chi connectivity index (χ2n) is 4.13. The van der Waals surface area contributed by atoms with E-state index in [9.17, 15) is 4.79 Å². The minimum absolute atomic E-state index is 0.120. The normalized spacial score (nSPS) is 15.6. The van der Waals surface area contributed by atoms with Gasteiger partial charge in [-0.05, 0) is 18.2 Å². The van der Waals surface area contributed by atoms with E-state index in [1.165, 1.54) is 0 Å². The molecule has 1 aromatic rings. The average molecular weight is 314 g/mol. The Bertz CT molecular complexity index is 430. The van der Waals surface area contributed by atoms with Gasteiger partial charge in [-0.1, -0.05) is 15.9 Å². The molecule has 1 aromatic carbocycles. The summed E-state index contributed by atoms with van der Waals surface area (Å²) in [6.07, 6.45) is 0.364. The molecule has 1 aliphatic heterocycles. The van der Waals surface area contributed by atoms with Crippen molar-refractivity contribution in [2.24, 2.45) is 0 Å². The average Bonchev–Trinajstić information content (AvgIpc) is 2.40. The summed E-state index contributed by atoms with van der Waals surface area (Å²) in [6.45, 7) is 2.60. The Hall–Kier alpha value is -1.07. The Kier molecular flexibility index (Phi) is 4.60. The Balaban J connectivity index is 2.07. The zero-order chi connectivity index (χ0) is 13.0. The standard InChI is InChI=1S/C13H16BrNO3/c1-17-12-3-2-11(14)8-10(12)9-13(16)15-4-6-18-7-5-15/h2-3,8H,4-7,9H2,1H3. The van der Waals surface area contributed by atoms with Gasteiger partial charge in [0.15, 0.2) is 0 Å². The van der Waals surface area contributed by atoms with E-state index in [1.54, 1.807) is 7.11 Å². The van der Waals surface area contributed by atoms with Gasteiger partial charge in [0, 0.05) is 23.1 Å². The fourth-order valence-electron chi connectivity index (χ4n) is 1.97. The van der Waals surface area contributed by atoms with Gasteiger partial charge in [-0.25, -0.2) is 0 Å². The van der Waals surface area contributed by atoms with Gasteiger partial charge < -0.3 is 14.4 Å². The first kappa shape index (κ1) is 13.4. The summed E-state index contributed by atoms with van der Waals surface area (Å²) in [7, 11) is 1.62. The number of amides is 1. The predicted octanol–water partition coefficient (Wildman–Crippen LogP) is 1.86. The molecule has 2 rings (SSSR count). The lowest BCUT2D eigenvalue weighted by molar-refractivity contribution is -0.134. The summed E-state index contributed by atoms with van der Waals surface area (Å²) in [4.78, 5) is 14.0. The fourth-order valence-corrected chi connectivity index (χ4v) is 2.38. The van der Waals surface area contributed by atoms with Gasteiger partial charge in [0.25, 0.3) is 0 Å². The van der Waals surface area contributed by atoms with Crippen LogP contribution in [0.3, 0.4) is 0 Å². The Labute approximate surface area is 115 Å². The molecule has 0 bridgehead atoms. The van der Waals surface area contributed by atoms with Gasteiger partial charge >= 0.3 is 0 Å². The Morgan fingerprint density at radius 3 is 2.83 bits per heavy atom. The Morgan fingerprint density at radius 1 is 1.44 bits per heavy atom. The van der Waals surface area contributed by atoms with Gasteiger partial charge in [-0.2, -0.15) is 0 Å². The number of halogens is 1. The molecule has 98 valence electrons. The number of carbonyl (C=O) groups excluding carboxylic acids is 1. The van der Waals surface area contributed by atoms with Crippen LogP contribution in [0.1, 0.15) is 5.56 Å².